The SMILES string of the molecule is O=C(c1cccc2ccsc12)C1CCC(F)(F)CC1. The Labute approximate surface area is 114 Å². The van der Waals surface area contributed by atoms with Crippen molar-refractivity contribution in [3.8, 4) is 0 Å². The lowest BCUT2D eigenvalue weighted by molar-refractivity contribution is -0.0424. The van der Waals surface area contributed by atoms with Gasteiger partial charge in [-0.1, -0.05) is 12.1 Å². The van der Waals surface area contributed by atoms with Gasteiger partial charge in [0, 0.05) is 29.0 Å². The van der Waals surface area contributed by atoms with Gasteiger partial charge in [0.15, 0.2) is 5.78 Å². The van der Waals surface area contributed by atoms with E-state index in [9.17, 15) is 13.6 Å². The molecule has 0 unspecified atom stereocenters. The number of ketones is 1. The number of alkyl halides is 2. The highest BCUT2D eigenvalue weighted by Crippen LogP contribution is 2.38. The summed E-state index contributed by atoms with van der Waals surface area (Å²) in [5.74, 6) is -2.79. The molecule has 1 aliphatic carbocycles. The van der Waals surface area contributed by atoms with Gasteiger partial charge in [-0.15, -0.1) is 11.3 Å². The normalized spacial score (nSPS) is 19.7. The van der Waals surface area contributed by atoms with Crippen molar-refractivity contribution in [1.82, 2.24) is 0 Å². The highest BCUT2D eigenvalue weighted by Gasteiger charge is 2.37. The topological polar surface area (TPSA) is 17.1 Å². The third-order valence-corrected chi connectivity index (χ3v) is 4.80. The summed E-state index contributed by atoms with van der Waals surface area (Å²) in [5.41, 5.74) is 0.697. The van der Waals surface area contributed by atoms with Gasteiger partial charge in [-0.2, -0.15) is 0 Å². The Kier molecular flexibility index (Phi) is 3.13. The van der Waals surface area contributed by atoms with Gasteiger partial charge in [-0.25, -0.2) is 8.78 Å². The molecule has 0 spiro atoms. The van der Waals surface area contributed by atoms with Gasteiger partial charge in [0.25, 0.3) is 0 Å². The summed E-state index contributed by atoms with van der Waals surface area (Å²) < 4.78 is 27.3. The molecule has 2 aromatic rings. The largest absolute Gasteiger partial charge is 0.294 e. The number of carbonyl (C=O) groups is 1. The van der Waals surface area contributed by atoms with Gasteiger partial charge in [-0.05, 0) is 35.7 Å². The summed E-state index contributed by atoms with van der Waals surface area (Å²) in [6, 6.07) is 7.62. The highest BCUT2D eigenvalue weighted by molar-refractivity contribution is 7.17. The molecule has 3 rings (SSSR count). The third kappa shape index (κ3) is 2.41. The Morgan fingerprint density at radius 2 is 1.95 bits per heavy atom. The van der Waals surface area contributed by atoms with E-state index in [-0.39, 0.29) is 24.5 Å². The van der Waals surface area contributed by atoms with Gasteiger partial charge < -0.3 is 0 Å². The van der Waals surface area contributed by atoms with Crippen molar-refractivity contribution >= 4 is 27.2 Å². The maximum atomic E-state index is 13.1. The zero-order chi connectivity index (χ0) is 13.5. The average Bonchev–Trinajstić information content (AvgIpc) is 2.86. The van der Waals surface area contributed by atoms with Gasteiger partial charge in [0.05, 0.1) is 0 Å². The first-order valence-corrected chi connectivity index (χ1v) is 7.33. The molecule has 0 N–H and O–H groups in total. The molecular formula is C15H14F2OS. The van der Waals surface area contributed by atoms with Crippen LogP contribution >= 0.6 is 11.3 Å². The molecule has 1 heterocycles. The number of halogens is 2. The minimum absolute atomic E-state index is 0.0311. The van der Waals surface area contributed by atoms with Crippen molar-refractivity contribution in [3.63, 3.8) is 0 Å². The Morgan fingerprint density at radius 1 is 1.21 bits per heavy atom. The molecule has 4 heteroatoms. The van der Waals surface area contributed by atoms with E-state index in [2.05, 4.69) is 0 Å². The van der Waals surface area contributed by atoms with Crippen molar-refractivity contribution in [3.05, 3.63) is 35.2 Å². The van der Waals surface area contributed by atoms with E-state index in [4.69, 9.17) is 0 Å². The molecule has 100 valence electrons. The molecule has 0 aliphatic heterocycles. The van der Waals surface area contributed by atoms with Crippen LogP contribution in [0.4, 0.5) is 8.78 Å². The van der Waals surface area contributed by atoms with Crippen LogP contribution in [0.2, 0.25) is 0 Å². The fourth-order valence-electron chi connectivity index (χ4n) is 2.71. The number of hydrogen-bond donors (Lipinski definition) is 0. The van der Waals surface area contributed by atoms with Crippen LogP contribution in [0.5, 0.6) is 0 Å². The lowest BCUT2D eigenvalue weighted by Crippen LogP contribution is -2.28. The minimum Gasteiger partial charge on any atom is -0.294 e. The van der Waals surface area contributed by atoms with Crippen molar-refractivity contribution in [2.45, 2.75) is 31.6 Å². The Bertz CT molecular complexity index is 607. The smallest absolute Gasteiger partial charge is 0.248 e. The maximum Gasteiger partial charge on any atom is 0.248 e. The molecule has 0 bridgehead atoms. The fraction of sp³-hybridized carbons (Fsp3) is 0.400. The van der Waals surface area contributed by atoms with Crippen molar-refractivity contribution in [1.29, 1.82) is 0 Å². The van der Waals surface area contributed by atoms with Crippen molar-refractivity contribution in [2.75, 3.05) is 0 Å². The van der Waals surface area contributed by atoms with Crippen molar-refractivity contribution < 1.29 is 13.6 Å². The van der Waals surface area contributed by atoms with Crippen LogP contribution in [0.3, 0.4) is 0 Å². The summed E-state index contributed by atoms with van der Waals surface area (Å²) in [6.07, 6.45) is 0.273. The number of thiophene rings is 1. The van der Waals surface area contributed by atoms with E-state index in [1.807, 2.05) is 29.6 Å². The maximum absolute atomic E-state index is 13.1. The van der Waals surface area contributed by atoms with Crippen LogP contribution in [0.15, 0.2) is 29.6 Å². The molecule has 0 amide bonds. The third-order valence-electron chi connectivity index (χ3n) is 3.83. The molecule has 0 radical (unpaired) electrons. The van der Waals surface area contributed by atoms with E-state index in [1.165, 1.54) is 11.3 Å². The number of hydrogen-bond acceptors (Lipinski definition) is 2. The molecule has 1 saturated carbocycles. The zero-order valence-electron chi connectivity index (χ0n) is 10.4. The first-order chi connectivity index (χ1) is 9.07. The highest BCUT2D eigenvalue weighted by atomic mass is 32.1. The lowest BCUT2D eigenvalue weighted by Gasteiger charge is -2.27. The molecule has 1 nitrogen and oxygen atoms in total. The number of Topliss-reactive ketones (excluding diaryl/α,β-unsaturated/α-hetero) is 1. The minimum atomic E-state index is -2.58. The van der Waals surface area contributed by atoms with Crippen LogP contribution in [0, 0.1) is 5.92 Å². The van der Waals surface area contributed by atoms with Crippen LogP contribution in [0.1, 0.15) is 36.0 Å². The van der Waals surface area contributed by atoms with E-state index in [0.717, 1.165) is 10.1 Å². The molecule has 19 heavy (non-hydrogen) atoms. The summed E-state index contributed by atoms with van der Waals surface area (Å²) in [4.78, 5) is 12.5. The Balaban J connectivity index is 1.87. The second-order valence-electron chi connectivity index (χ2n) is 5.14. The van der Waals surface area contributed by atoms with Crippen LogP contribution in [-0.4, -0.2) is 11.7 Å². The van der Waals surface area contributed by atoms with Gasteiger partial charge >= 0.3 is 0 Å². The zero-order valence-corrected chi connectivity index (χ0v) is 11.2. The number of rotatable bonds is 2. The van der Waals surface area contributed by atoms with E-state index >= 15 is 0 Å². The standard InChI is InChI=1S/C15H14F2OS/c16-15(17)7-4-10(5-8-15)13(18)12-3-1-2-11-6-9-19-14(11)12/h1-3,6,9-10H,4-5,7-8H2. The summed E-state index contributed by atoms with van der Waals surface area (Å²) in [6.45, 7) is 0. The number of carbonyl (C=O) groups excluding carboxylic acids is 1. The van der Waals surface area contributed by atoms with Crippen LogP contribution in [0.25, 0.3) is 10.1 Å². The molecule has 1 aromatic carbocycles. The monoisotopic (exact) mass is 280 g/mol. The second kappa shape index (κ2) is 4.67. The predicted octanol–water partition coefficient (Wildman–Crippen LogP) is 4.91. The van der Waals surface area contributed by atoms with E-state index < -0.39 is 5.92 Å². The quantitative estimate of drug-likeness (QED) is 0.714. The summed E-state index contributed by atoms with van der Waals surface area (Å²) >= 11 is 1.54. The molecule has 1 aromatic heterocycles. The molecule has 0 atom stereocenters. The first-order valence-electron chi connectivity index (χ1n) is 6.45. The molecule has 0 saturated heterocycles. The predicted molar refractivity (Wildman–Crippen MR) is 73.1 cm³/mol. The Morgan fingerprint density at radius 3 is 2.68 bits per heavy atom. The van der Waals surface area contributed by atoms with Gasteiger partial charge in [0.1, 0.15) is 0 Å². The molecular weight excluding hydrogens is 266 g/mol. The number of benzene rings is 1. The van der Waals surface area contributed by atoms with Gasteiger partial charge in [-0.3, -0.25) is 4.79 Å². The summed E-state index contributed by atoms with van der Waals surface area (Å²) in [5, 5.41) is 3.01. The van der Waals surface area contributed by atoms with Gasteiger partial charge in [0.2, 0.25) is 5.92 Å². The average molecular weight is 280 g/mol. The molecule has 1 fully saturated rings. The lowest BCUT2D eigenvalue weighted by atomic mass is 9.82. The van der Waals surface area contributed by atoms with E-state index in [1.54, 1.807) is 0 Å². The van der Waals surface area contributed by atoms with Crippen LogP contribution < -0.4 is 0 Å². The second-order valence-corrected chi connectivity index (χ2v) is 6.06. The molecule has 1 aliphatic rings. The Hall–Kier alpha value is -1.29. The number of fused-ring (bicyclic) bond motifs is 1. The fourth-order valence-corrected chi connectivity index (χ4v) is 3.63. The first kappa shape index (κ1) is 12.7. The summed E-state index contributed by atoms with van der Waals surface area (Å²) in [7, 11) is 0. The van der Waals surface area contributed by atoms with Crippen LogP contribution in [-0.2, 0) is 0 Å². The van der Waals surface area contributed by atoms with E-state index in [0.29, 0.717) is 18.4 Å². The van der Waals surface area contributed by atoms with Crippen molar-refractivity contribution in [2.24, 2.45) is 5.92 Å².